The van der Waals surface area contributed by atoms with E-state index in [1.807, 2.05) is 12.1 Å². The van der Waals surface area contributed by atoms with Gasteiger partial charge in [0.1, 0.15) is 11.6 Å². The van der Waals surface area contributed by atoms with E-state index in [0.717, 1.165) is 31.7 Å². The first kappa shape index (κ1) is 20.0. The predicted molar refractivity (Wildman–Crippen MR) is 116 cm³/mol. The molecule has 1 aromatic heterocycles. The van der Waals surface area contributed by atoms with Crippen LogP contribution in [0.4, 0.5) is 10.1 Å². The number of carbonyl (C=O) groups is 2. The van der Waals surface area contributed by atoms with Gasteiger partial charge >= 0.3 is 4.87 Å². The largest absolute Gasteiger partial charge is 0.497 e. The van der Waals surface area contributed by atoms with Gasteiger partial charge in [-0.05, 0) is 42.0 Å². The van der Waals surface area contributed by atoms with Crippen LogP contribution in [0.15, 0.2) is 58.4 Å². The number of aromatic amines is 1. The van der Waals surface area contributed by atoms with Gasteiger partial charge in [-0.2, -0.15) is 0 Å². The van der Waals surface area contributed by atoms with Gasteiger partial charge in [-0.15, -0.1) is 11.8 Å². The number of halogens is 1. The van der Waals surface area contributed by atoms with Gasteiger partial charge in [0.05, 0.1) is 23.2 Å². The second-order valence-electron chi connectivity index (χ2n) is 7.55. The zero-order valence-corrected chi connectivity index (χ0v) is 18.0. The molecule has 2 aliphatic rings. The summed E-state index contributed by atoms with van der Waals surface area (Å²) >= 11 is 2.46. The summed E-state index contributed by atoms with van der Waals surface area (Å²) in [5.74, 6) is -0.534. The number of benzene rings is 2. The highest BCUT2D eigenvalue weighted by atomic mass is 32.2. The molecule has 2 aromatic carbocycles. The lowest BCUT2D eigenvalue weighted by Crippen LogP contribution is -2.43. The number of nitrogens with one attached hydrogen (secondary N) is 1. The van der Waals surface area contributed by atoms with Gasteiger partial charge in [0.15, 0.2) is 0 Å². The Balaban J connectivity index is 1.65. The number of H-pyrrole nitrogens is 1. The Hall–Kier alpha value is -2.91. The summed E-state index contributed by atoms with van der Waals surface area (Å²) in [6.45, 7) is 0. The molecule has 0 radical (unpaired) electrons. The van der Waals surface area contributed by atoms with Crippen molar-refractivity contribution >= 4 is 40.6 Å². The topological polar surface area (TPSA) is 79.5 Å². The Morgan fingerprint density at radius 3 is 2.48 bits per heavy atom. The maximum Gasteiger partial charge on any atom is 0.305 e. The van der Waals surface area contributed by atoms with Crippen LogP contribution in [0.5, 0.6) is 5.75 Å². The third-order valence-corrected chi connectivity index (χ3v) is 8.16. The summed E-state index contributed by atoms with van der Waals surface area (Å²) in [4.78, 5) is 43.5. The number of aromatic nitrogens is 1. The molecule has 0 aliphatic carbocycles. The van der Waals surface area contributed by atoms with Crippen molar-refractivity contribution in [3.8, 4) is 5.75 Å². The Morgan fingerprint density at radius 1 is 1.10 bits per heavy atom. The monoisotopic (exact) mass is 456 g/mol. The molecule has 1 saturated heterocycles. The smallest absolute Gasteiger partial charge is 0.305 e. The summed E-state index contributed by atoms with van der Waals surface area (Å²) < 4.78 is 18.6. The summed E-state index contributed by atoms with van der Waals surface area (Å²) in [7, 11) is 1.57. The fourth-order valence-electron chi connectivity index (χ4n) is 4.38. The molecular weight excluding hydrogens is 439 g/mol. The number of thiazole rings is 1. The molecule has 5 rings (SSSR count). The van der Waals surface area contributed by atoms with Crippen molar-refractivity contribution < 1.29 is 18.7 Å². The molecule has 6 nitrogen and oxygen atoms in total. The Labute approximate surface area is 185 Å². The van der Waals surface area contributed by atoms with Crippen LogP contribution in [0, 0.1) is 11.2 Å². The minimum atomic E-state index is -1.04. The van der Waals surface area contributed by atoms with Crippen LogP contribution in [0.1, 0.15) is 22.8 Å². The SMILES string of the molecule is COc1ccc([C@@H]2c3sc(=O)[nH]c3SC[C@@]23CC(=O)N(c2ccc(F)cc2)C3=O)cc1. The number of carbonyl (C=O) groups excluding carboxylic acids is 2. The van der Waals surface area contributed by atoms with Crippen molar-refractivity contribution in [2.75, 3.05) is 17.8 Å². The van der Waals surface area contributed by atoms with Crippen molar-refractivity contribution in [3.63, 3.8) is 0 Å². The molecule has 0 saturated carbocycles. The van der Waals surface area contributed by atoms with Crippen LogP contribution in [0.25, 0.3) is 0 Å². The summed E-state index contributed by atoms with van der Waals surface area (Å²) in [6.07, 6.45) is 0.0123. The summed E-state index contributed by atoms with van der Waals surface area (Å²) in [5, 5.41) is 0.738. The lowest BCUT2D eigenvalue weighted by atomic mass is 9.71. The number of ether oxygens (including phenoxy) is 1. The first-order valence-electron chi connectivity index (χ1n) is 9.56. The van der Waals surface area contributed by atoms with Gasteiger partial charge < -0.3 is 9.72 Å². The highest BCUT2D eigenvalue weighted by Gasteiger charge is 2.59. The first-order valence-corrected chi connectivity index (χ1v) is 11.4. The van der Waals surface area contributed by atoms with Crippen molar-refractivity contribution in [2.24, 2.45) is 5.41 Å². The number of hydrogen-bond donors (Lipinski definition) is 1. The number of rotatable bonds is 3. The van der Waals surface area contributed by atoms with Crippen LogP contribution < -0.4 is 14.5 Å². The van der Waals surface area contributed by atoms with Gasteiger partial charge in [0.25, 0.3) is 0 Å². The standard InChI is InChI=1S/C22H17FN2O4S2/c1-29-15-8-2-12(3-9-15)17-18-19(24-21(28)31-18)30-11-22(17)10-16(26)25(20(22)27)14-6-4-13(23)5-7-14/h2-9,17H,10-11H2,1H3,(H,24,28)/t17-,22+/m1/s1. The maximum absolute atomic E-state index is 13.8. The molecule has 2 amide bonds. The molecular formula is C22H17FN2O4S2. The molecule has 3 aromatic rings. The highest BCUT2D eigenvalue weighted by Crippen LogP contribution is 2.57. The van der Waals surface area contributed by atoms with Gasteiger partial charge in [0, 0.05) is 23.0 Å². The molecule has 1 N–H and O–H groups in total. The van der Waals surface area contributed by atoms with Crippen molar-refractivity contribution in [1.29, 1.82) is 0 Å². The molecule has 0 unspecified atom stereocenters. The molecule has 1 spiro atoms. The highest BCUT2D eigenvalue weighted by molar-refractivity contribution is 7.99. The average Bonchev–Trinajstić information content (AvgIpc) is 3.25. The van der Waals surface area contributed by atoms with E-state index in [1.54, 1.807) is 19.2 Å². The van der Waals surface area contributed by atoms with Crippen LogP contribution in [-0.2, 0) is 9.59 Å². The Morgan fingerprint density at radius 2 is 1.81 bits per heavy atom. The molecule has 2 aliphatic heterocycles. The van der Waals surface area contributed by atoms with E-state index in [0.29, 0.717) is 17.2 Å². The average molecular weight is 457 g/mol. The lowest BCUT2D eigenvalue weighted by molar-refractivity contribution is -0.125. The molecule has 158 valence electrons. The minimum Gasteiger partial charge on any atom is -0.497 e. The number of methoxy groups -OCH3 is 1. The molecule has 31 heavy (non-hydrogen) atoms. The second kappa shape index (κ2) is 7.35. The first-order chi connectivity index (χ1) is 14.9. The fraction of sp³-hybridized carbons (Fsp3) is 0.227. The van der Waals surface area contributed by atoms with Crippen LogP contribution >= 0.6 is 23.1 Å². The molecule has 2 atom stereocenters. The van der Waals surface area contributed by atoms with E-state index in [9.17, 15) is 18.8 Å². The van der Waals surface area contributed by atoms with Crippen molar-refractivity contribution in [1.82, 2.24) is 4.98 Å². The van der Waals surface area contributed by atoms with Crippen LogP contribution in [0.3, 0.4) is 0 Å². The lowest BCUT2D eigenvalue weighted by Gasteiger charge is -2.38. The van der Waals surface area contributed by atoms with Gasteiger partial charge in [0.2, 0.25) is 11.8 Å². The van der Waals surface area contributed by atoms with Crippen LogP contribution in [0.2, 0.25) is 0 Å². The van der Waals surface area contributed by atoms with E-state index >= 15 is 0 Å². The maximum atomic E-state index is 13.8. The van der Waals surface area contributed by atoms with E-state index < -0.39 is 17.2 Å². The van der Waals surface area contributed by atoms with E-state index in [2.05, 4.69) is 4.98 Å². The number of imide groups is 1. The van der Waals surface area contributed by atoms with E-state index in [4.69, 9.17) is 4.74 Å². The summed E-state index contributed by atoms with van der Waals surface area (Å²) in [5.41, 5.74) is 0.141. The van der Waals surface area contributed by atoms with Gasteiger partial charge in [-0.1, -0.05) is 23.5 Å². The molecule has 0 bridgehead atoms. The molecule has 1 fully saturated rings. The van der Waals surface area contributed by atoms with Crippen molar-refractivity contribution in [3.05, 3.63) is 74.5 Å². The quantitative estimate of drug-likeness (QED) is 0.607. The number of thioether (sulfide) groups is 1. The number of fused-ring (bicyclic) bond motifs is 1. The number of nitrogens with zero attached hydrogens (tertiary/aromatic N) is 1. The van der Waals surface area contributed by atoms with Crippen LogP contribution in [-0.4, -0.2) is 29.7 Å². The normalized spacial score (nSPS) is 22.8. The zero-order chi connectivity index (χ0) is 21.8. The summed E-state index contributed by atoms with van der Waals surface area (Å²) in [6, 6.07) is 12.7. The van der Waals surface area contributed by atoms with Crippen molar-refractivity contribution in [2.45, 2.75) is 17.4 Å². The molecule has 3 heterocycles. The number of amides is 2. The third kappa shape index (κ3) is 3.11. The third-order valence-electron chi connectivity index (χ3n) is 5.81. The van der Waals surface area contributed by atoms with E-state index in [-0.39, 0.29) is 23.1 Å². The Bertz CT molecular complexity index is 1240. The van der Waals surface area contributed by atoms with Gasteiger partial charge in [-0.3, -0.25) is 14.4 Å². The number of anilines is 1. The minimum absolute atomic E-state index is 0.0123. The Kier molecular flexibility index (Phi) is 4.75. The second-order valence-corrected chi connectivity index (χ2v) is 9.55. The fourth-order valence-corrected chi connectivity index (χ4v) is 6.94. The number of hydrogen-bond acceptors (Lipinski definition) is 6. The predicted octanol–water partition coefficient (Wildman–Crippen LogP) is 3.77. The van der Waals surface area contributed by atoms with E-state index in [1.165, 1.54) is 36.0 Å². The zero-order valence-electron chi connectivity index (χ0n) is 16.4. The molecule has 9 heteroatoms. The van der Waals surface area contributed by atoms with Gasteiger partial charge in [-0.25, -0.2) is 9.29 Å².